The van der Waals surface area contributed by atoms with E-state index in [0.717, 1.165) is 29.4 Å². The van der Waals surface area contributed by atoms with Crippen molar-refractivity contribution in [3.63, 3.8) is 0 Å². The molecule has 1 saturated heterocycles. The fourth-order valence-corrected chi connectivity index (χ4v) is 3.49. The molecule has 0 bridgehead atoms. The van der Waals surface area contributed by atoms with E-state index in [0.29, 0.717) is 36.4 Å². The summed E-state index contributed by atoms with van der Waals surface area (Å²) in [5.74, 6) is 0.407. The highest BCUT2D eigenvalue weighted by Gasteiger charge is 2.22. The molecule has 4 rings (SSSR count). The van der Waals surface area contributed by atoms with Crippen LogP contribution in [0.5, 0.6) is 5.88 Å². The third-order valence-corrected chi connectivity index (χ3v) is 5.06. The summed E-state index contributed by atoms with van der Waals surface area (Å²) < 4.78 is 13.6. The highest BCUT2D eigenvalue weighted by Crippen LogP contribution is 2.28. The fraction of sp³-hybridized carbons (Fsp3) is 0.381. The number of fused-ring (bicyclic) bond motifs is 1. The van der Waals surface area contributed by atoms with Crippen molar-refractivity contribution in [2.75, 3.05) is 18.9 Å². The van der Waals surface area contributed by atoms with Crippen molar-refractivity contribution in [2.24, 2.45) is 0 Å². The van der Waals surface area contributed by atoms with E-state index in [1.54, 1.807) is 12.3 Å². The lowest BCUT2D eigenvalue weighted by Gasteiger charge is -2.24. The van der Waals surface area contributed by atoms with Gasteiger partial charge in [0.2, 0.25) is 5.88 Å². The van der Waals surface area contributed by atoms with E-state index in [-0.39, 0.29) is 11.8 Å². The molecule has 0 spiro atoms. The van der Waals surface area contributed by atoms with Gasteiger partial charge in [-0.15, -0.1) is 0 Å². The van der Waals surface area contributed by atoms with Gasteiger partial charge in [-0.2, -0.15) is 0 Å². The van der Waals surface area contributed by atoms with Crippen LogP contribution < -0.4 is 10.5 Å². The third-order valence-electron chi connectivity index (χ3n) is 5.06. The van der Waals surface area contributed by atoms with Gasteiger partial charge in [0.05, 0.1) is 41.8 Å². The Bertz CT molecular complexity index is 1010. The normalized spacial score (nSPS) is 15.2. The summed E-state index contributed by atoms with van der Waals surface area (Å²) in [6.07, 6.45) is 5.09. The maximum Gasteiger partial charge on any atom is 0.225 e. The first-order valence-corrected chi connectivity index (χ1v) is 9.59. The summed E-state index contributed by atoms with van der Waals surface area (Å²) in [6, 6.07) is 7.87. The smallest absolute Gasteiger partial charge is 0.225 e. The Balaban J connectivity index is 1.68. The van der Waals surface area contributed by atoms with Gasteiger partial charge < -0.3 is 19.8 Å². The second-order valence-corrected chi connectivity index (χ2v) is 7.33. The number of ether oxygens (including phenoxy) is 2. The van der Waals surface area contributed by atoms with Crippen LogP contribution in [0, 0.1) is 5.41 Å². The minimum absolute atomic E-state index is 0.0267. The van der Waals surface area contributed by atoms with Crippen LogP contribution in [0.1, 0.15) is 43.9 Å². The molecule has 3 heterocycles. The van der Waals surface area contributed by atoms with E-state index in [4.69, 9.17) is 20.6 Å². The minimum Gasteiger partial charge on any atom is -0.474 e. The summed E-state index contributed by atoms with van der Waals surface area (Å²) in [4.78, 5) is 8.86. The predicted octanol–water partition coefficient (Wildman–Crippen LogP) is 3.57. The number of nitrogens with zero attached hydrogens (tertiary/aromatic N) is 3. The first-order valence-electron chi connectivity index (χ1n) is 9.59. The van der Waals surface area contributed by atoms with Gasteiger partial charge in [0, 0.05) is 36.3 Å². The molecule has 7 heteroatoms. The Morgan fingerprint density at radius 3 is 2.79 bits per heavy atom. The average Bonchev–Trinajstić information content (AvgIpc) is 3.12. The molecule has 3 aromatic rings. The van der Waals surface area contributed by atoms with Crippen molar-refractivity contribution in [1.29, 1.82) is 5.41 Å². The van der Waals surface area contributed by atoms with E-state index in [2.05, 4.69) is 28.4 Å². The molecule has 0 radical (unpaired) electrons. The molecule has 28 heavy (non-hydrogen) atoms. The average molecular weight is 379 g/mol. The summed E-state index contributed by atoms with van der Waals surface area (Å²) in [5.41, 5.74) is 10.1. The van der Waals surface area contributed by atoms with E-state index in [1.165, 1.54) is 0 Å². The lowest BCUT2D eigenvalue weighted by atomic mass is 10.0. The first-order chi connectivity index (χ1) is 13.5. The van der Waals surface area contributed by atoms with Crippen LogP contribution in [-0.2, 0) is 4.74 Å². The number of hydrogen-bond donors (Lipinski definition) is 2. The van der Waals surface area contributed by atoms with E-state index in [1.807, 2.05) is 24.5 Å². The van der Waals surface area contributed by atoms with Crippen LogP contribution in [0.25, 0.3) is 11.0 Å². The number of aromatic nitrogens is 3. The lowest BCUT2D eigenvalue weighted by Crippen LogP contribution is -2.27. The molecule has 0 aliphatic carbocycles. The molecule has 1 aliphatic heterocycles. The Morgan fingerprint density at radius 2 is 2.04 bits per heavy atom. The Labute approximate surface area is 164 Å². The molecule has 1 aliphatic rings. The van der Waals surface area contributed by atoms with Crippen LogP contribution in [0.4, 0.5) is 5.69 Å². The van der Waals surface area contributed by atoms with Crippen molar-refractivity contribution in [3.8, 4) is 5.88 Å². The van der Waals surface area contributed by atoms with Gasteiger partial charge in [-0.05, 0) is 32.0 Å². The van der Waals surface area contributed by atoms with Crippen LogP contribution in [0.3, 0.4) is 0 Å². The molecule has 0 saturated carbocycles. The largest absolute Gasteiger partial charge is 0.474 e. The van der Waals surface area contributed by atoms with Crippen LogP contribution in [-0.4, -0.2) is 39.6 Å². The quantitative estimate of drug-likeness (QED) is 0.660. The Hall–Kier alpha value is -2.93. The lowest BCUT2D eigenvalue weighted by molar-refractivity contribution is 0.0237. The van der Waals surface area contributed by atoms with Crippen molar-refractivity contribution in [3.05, 3.63) is 47.9 Å². The van der Waals surface area contributed by atoms with Crippen molar-refractivity contribution in [2.45, 2.75) is 38.8 Å². The fourth-order valence-electron chi connectivity index (χ4n) is 3.49. The molecule has 7 nitrogen and oxygen atoms in total. The molecule has 0 unspecified atom stereocenters. The van der Waals surface area contributed by atoms with Gasteiger partial charge in [-0.1, -0.05) is 6.07 Å². The van der Waals surface area contributed by atoms with Crippen LogP contribution in [0.15, 0.2) is 36.8 Å². The summed E-state index contributed by atoms with van der Waals surface area (Å²) in [6.45, 7) is 5.59. The van der Waals surface area contributed by atoms with E-state index in [9.17, 15) is 0 Å². The number of nitrogens with one attached hydrogen (secondary N) is 1. The zero-order valence-corrected chi connectivity index (χ0v) is 16.2. The molecule has 2 aromatic heterocycles. The number of imidazole rings is 1. The summed E-state index contributed by atoms with van der Waals surface area (Å²) in [5, 5.41) is 8.78. The number of hydrogen-bond acceptors (Lipinski definition) is 6. The Kier molecular flexibility index (Phi) is 5.00. The topological polar surface area (TPSA) is 99.0 Å². The van der Waals surface area contributed by atoms with Gasteiger partial charge in [0.15, 0.2) is 0 Å². The maximum atomic E-state index is 8.78. The van der Waals surface area contributed by atoms with Crippen molar-refractivity contribution in [1.82, 2.24) is 14.5 Å². The zero-order valence-electron chi connectivity index (χ0n) is 16.2. The van der Waals surface area contributed by atoms with Crippen molar-refractivity contribution >= 4 is 22.4 Å². The number of rotatable bonds is 5. The summed E-state index contributed by atoms with van der Waals surface area (Å²) >= 11 is 0. The third kappa shape index (κ3) is 3.45. The predicted molar refractivity (Wildman–Crippen MR) is 109 cm³/mol. The maximum absolute atomic E-state index is 8.78. The number of benzene rings is 1. The van der Waals surface area contributed by atoms with Gasteiger partial charge in [-0.3, -0.25) is 5.41 Å². The number of pyridine rings is 1. The molecule has 1 aromatic carbocycles. The highest BCUT2D eigenvalue weighted by atomic mass is 16.5. The molecule has 3 N–H and O–H groups in total. The molecule has 1 fully saturated rings. The van der Waals surface area contributed by atoms with Gasteiger partial charge in [-0.25, -0.2) is 9.97 Å². The second kappa shape index (κ2) is 7.59. The standard InChI is InChI=1S/C21H25N5O2/c1-13(2)26-12-25-17-11-14(3-4-18(17)26)20(23)19-16(22)5-8-24-21(19)28-15-6-9-27-10-7-15/h3-5,8,11-13,15,23H,6-7,9-10H2,1-2H3,(H2,22,24). The van der Waals surface area contributed by atoms with Gasteiger partial charge in [0.1, 0.15) is 6.10 Å². The van der Waals surface area contributed by atoms with Crippen molar-refractivity contribution < 1.29 is 9.47 Å². The number of nitrogen functional groups attached to an aromatic ring is 1. The van der Waals surface area contributed by atoms with Gasteiger partial charge >= 0.3 is 0 Å². The van der Waals surface area contributed by atoms with E-state index < -0.39 is 0 Å². The molecular formula is C21H25N5O2. The molecule has 0 amide bonds. The van der Waals surface area contributed by atoms with Crippen LogP contribution in [0.2, 0.25) is 0 Å². The zero-order chi connectivity index (χ0) is 19.7. The number of anilines is 1. The SMILES string of the molecule is CC(C)n1cnc2cc(C(=N)c3c(N)ccnc3OC3CCOCC3)ccc21. The van der Waals surface area contributed by atoms with E-state index >= 15 is 0 Å². The molecule has 0 atom stereocenters. The van der Waals surface area contributed by atoms with Gasteiger partial charge in [0.25, 0.3) is 0 Å². The molecular weight excluding hydrogens is 354 g/mol. The van der Waals surface area contributed by atoms with Crippen LogP contribution >= 0.6 is 0 Å². The molecule has 146 valence electrons. The number of nitrogens with two attached hydrogens (primary N) is 1. The minimum atomic E-state index is 0.0267. The Morgan fingerprint density at radius 1 is 1.25 bits per heavy atom. The second-order valence-electron chi connectivity index (χ2n) is 7.33. The summed E-state index contributed by atoms with van der Waals surface area (Å²) in [7, 11) is 0. The first kappa shape index (κ1) is 18.4. The highest BCUT2D eigenvalue weighted by molar-refractivity contribution is 6.16. The monoisotopic (exact) mass is 379 g/mol.